The predicted octanol–water partition coefficient (Wildman–Crippen LogP) is 4.66. The Hall–Kier alpha value is -6.06. The molecule has 45 heavy (non-hydrogen) atoms. The number of nitrogens with two attached hydrogens (primary N) is 2. The Labute approximate surface area is 258 Å². The van der Waals surface area contributed by atoms with Gasteiger partial charge in [-0.1, -0.05) is 47.1 Å². The minimum absolute atomic E-state index is 0.0246. The van der Waals surface area contributed by atoms with E-state index in [1.54, 1.807) is 30.3 Å². The first-order valence-electron chi connectivity index (χ1n) is 13.7. The zero-order valence-corrected chi connectivity index (χ0v) is 23.8. The Bertz CT molecular complexity index is 2350. The zero-order chi connectivity index (χ0) is 31.0. The van der Waals surface area contributed by atoms with E-state index < -0.39 is 17.1 Å². The smallest absolute Gasteiger partial charge is 0.248 e. The Morgan fingerprint density at radius 3 is 2.53 bits per heavy atom. The van der Waals surface area contributed by atoms with Gasteiger partial charge in [0.05, 0.1) is 62.5 Å². The second-order valence-electron chi connectivity index (χ2n) is 10.6. The van der Waals surface area contributed by atoms with Crippen molar-refractivity contribution in [2.24, 2.45) is 5.73 Å². The summed E-state index contributed by atoms with van der Waals surface area (Å²) in [5.41, 5.74) is 15.4. The maximum Gasteiger partial charge on any atom is 0.248 e. The highest BCUT2D eigenvalue weighted by atomic mass is 35.5. The van der Waals surface area contributed by atoms with Gasteiger partial charge in [-0.25, -0.2) is 19.0 Å². The van der Waals surface area contributed by atoms with Crippen LogP contribution in [0, 0.1) is 17.1 Å². The number of hydrogen-bond acceptors (Lipinski definition) is 9. The number of carbonyl (C=O) groups is 1. The molecular weight excluding hydrogens is 597 g/mol. The average Bonchev–Trinajstić information content (AvgIpc) is 3.60. The number of amides is 1. The summed E-state index contributed by atoms with van der Waals surface area (Å²) in [5.74, 6) is -1.19. The Balaban J connectivity index is 1.39. The highest BCUT2D eigenvalue weighted by molar-refractivity contribution is 6.30. The molecule has 0 saturated carbocycles. The SMILES string of the molecule is N#CC1=C(N)Oc2c(N)cc3nc4ccccc4nc3c2C12C(=O)N(Cc1cnnn1-c1ccc(F)c(Cl)c1)c1ccccc12. The van der Waals surface area contributed by atoms with Gasteiger partial charge in [0, 0.05) is 11.3 Å². The van der Waals surface area contributed by atoms with Gasteiger partial charge in [0.25, 0.3) is 0 Å². The van der Waals surface area contributed by atoms with E-state index in [-0.39, 0.29) is 40.0 Å². The van der Waals surface area contributed by atoms with Crippen LogP contribution in [0.1, 0.15) is 16.8 Å². The maximum absolute atomic E-state index is 15.1. The molecule has 0 bridgehead atoms. The van der Waals surface area contributed by atoms with Crippen molar-refractivity contribution in [3.05, 3.63) is 118 Å². The van der Waals surface area contributed by atoms with E-state index >= 15 is 4.79 Å². The lowest BCUT2D eigenvalue weighted by molar-refractivity contribution is -0.121. The van der Waals surface area contributed by atoms with Crippen molar-refractivity contribution in [1.29, 1.82) is 5.26 Å². The van der Waals surface area contributed by atoms with Crippen LogP contribution in [0.3, 0.4) is 0 Å². The van der Waals surface area contributed by atoms with Crippen LogP contribution in [0.4, 0.5) is 15.8 Å². The van der Waals surface area contributed by atoms with E-state index in [9.17, 15) is 9.65 Å². The highest BCUT2D eigenvalue weighted by Crippen LogP contribution is 2.58. The first-order chi connectivity index (χ1) is 21.8. The van der Waals surface area contributed by atoms with Gasteiger partial charge in [-0.15, -0.1) is 5.10 Å². The monoisotopic (exact) mass is 615 g/mol. The molecule has 1 atom stereocenters. The quantitative estimate of drug-likeness (QED) is 0.213. The molecule has 0 radical (unpaired) electrons. The van der Waals surface area contributed by atoms with Gasteiger partial charge in [-0.2, -0.15) is 5.26 Å². The van der Waals surface area contributed by atoms with Crippen molar-refractivity contribution in [3.63, 3.8) is 0 Å². The van der Waals surface area contributed by atoms with Crippen molar-refractivity contribution in [3.8, 4) is 17.5 Å². The molecule has 11 nitrogen and oxygen atoms in total. The molecule has 8 rings (SSSR count). The Kier molecular flexibility index (Phi) is 5.59. The van der Waals surface area contributed by atoms with Crippen molar-refractivity contribution < 1.29 is 13.9 Å². The number of halogens is 2. The van der Waals surface area contributed by atoms with E-state index in [2.05, 4.69) is 16.4 Å². The van der Waals surface area contributed by atoms with Crippen LogP contribution in [0.25, 0.3) is 27.8 Å². The predicted molar refractivity (Wildman–Crippen MR) is 164 cm³/mol. The summed E-state index contributed by atoms with van der Waals surface area (Å²) in [5, 5.41) is 18.7. The van der Waals surface area contributed by atoms with Crippen LogP contribution >= 0.6 is 11.6 Å². The first-order valence-corrected chi connectivity index (χ1v) is 14.0. The molecule has 0 aliphatic carbocycles. The van der Waals surface area contributed by atoms with Crippen LogP contribution in [0.15, 0.2) is 90.4 Å². The van der Waals surface area contributed by atoms with Gasteiger partial charge >= 0.3 is 0 Å². The molecule has 0 fully saturated rings. The van der Waals surface area contributed by atoms with Gasteiger partial charge in [-0.3, -0.25) is 4.79 Å². The molecule has 2 aromatic heterocycles. The molecule has 1 amide bonds. The van der Waals surface area contributed by atoms with Gasteiger partial charge in [0.1, 0.15) is 22.9 Å². The molecule has 1 spiro atoms. The van der Waals surface area contributed by atoms with Gasteiger partial charge in [-0.05, 0) is 42.5 Å². The lowest BCUT2D eigenvalue weighted by Crippen LogP contribution is -2.46. The number of rotatable bonds is 3. The second kappa shape index (κ2) is 9.47. The summed E-state index contributed by atoms with van der Waals surface area (Å²) < 4.78 is 21.4. The molecule has 2 aliphatic heterocycles. The average molecular weight is 616 g/mol. The van der Waals surface area contributed by atoms with Crippen molar-refractivity contribution in [1.82, 2.24) is 25.0 Å². The molecule has 1 unspecified atom stereocenters. The summed E-state index contributed by atoms with van der Waals surface area (Å²) in [4.78, 5) is 26.3. The fraction of sp³-hybridized carbons (Fsp3) is 0.0625. The number of hydrogen-bond donors (Lipinski definition) is 2. The lowest BCUT2D eigenvalue weighted by atomic mass is 9.68. The van der Waals surface area contributed by atoms with Crippen molar-refractivity contribution >= 4 is 50.9 Å². The first kappa shape index (κ1) is 26.6. The second-order valence-corrected chi connectivity index (χ2v) is 11.0. The molecule has 2 aliphatic rings. The van der Waals surface area contributed by atoms with Crippen molar-refractivity contribution in [2.45, 2.75) is 12.0 Å². The third-order valence-corrected chi connectivity index (χ3v) is 8.48. The molecule has 0 saturated heterocycles. The van der Waals surface area contributed by atoms with Crippen LogP contribution in [0.5, 0.6) is 5.75 Å². The van der Waals surface area contributed by atoms with Crippen LogP contribution in [-0.2, 0) is 16.8 Å². The van der Waals surface area contributed by atoms with Crippen molar-refractivity contribution in [2.75, 3.05) is 10.6 Å². The molecule has 218 valence electrons. The van der Waals surface area contributed by atoms with Gasteiger partial charge < -0.3 is 21.1 Å². The van der Waals surface area contributed by atoms with E-state index in [0.29, 0.717) is 44.7 Å². The number of nitrogens with zero attached hydrogens (tertiary/aromatic N) is 7. The number of fused-ring (bicyclic) bond motifs is 7. The summed E-state index contributed by atoms with van der Waals surface area (Å²) in [6.07, 6.45) is 1.50. The van der Waals surface area contributed by atoms with E-state index in [1.165, 1.54) is 34.0 Å². The number of anilines is 2. The summed E-state index contributed by atoms with van der Waals surface area (Å²) in [6, 6.07) is 22.4. The lowest BCUT2D eigenvalue weighted by Gasteiger charge is -2.35. The summed E-state index contributed by atoms with van der Waals surface area (Å²) >= 11 is 6.05. The number of para-hydroxylation sites is 3. The van der Waals surface area contributed by atoms with Gasteiger partial charge in [0.15, 0.2) is 5.75 Å². The van der Waals surface area contributed by atoms with E-state index in [4.69, 9.17) is 37.8 Å². The minimum atomic E-state index is -1.77. The molecule has 4 aromatic carbocycles. The zero-order valence-electron chi connectivity index (χ0n) is 23.1. The van der Waals surface area contributed by atoms with E-state index in [1.807, 2.05) is 24.3 Å². The van der Waals surface area contributed by atoms with Crippen LogP contribution in [-0.4, -0.2) is 30.9 Å². The molecule has 4 N–H and O–H groups in total. The minimum Gasteiger partial charge on any atom is -0.438 e. The number of aromatic nitrogens is 5. The molecular formula is C32H19ClFN9O2. The fourth-order valence-corrected chi connectivity index (χ4v) is 6.46. The third kappa shape index (κ3) is 3.58. The summed E-state index contributed by atoms with van der Waals surface area (Å²) in [6.45, 7) is -0.0246. The maximum atomic E-state index is 15.1. The molecule has 13 heteroatoms. The Morgan fingerprint density at radius 2 is 1.76 bits per heavy atom. The number of nitriles is 1. The molecule has 4 heterocycles. The normalized spacial score (nSPS) is 17.1. The number of benzene rings is 4. The topological polar surface area (TPSA) is 162 Å². The van der Waals surface area contributed by atoms with Crippen LogP contribution < -0.4 is 21.1 Å². The summed E-state index contributed by atoms with van der Waals surface area (Å²) in [7, 11) is 0. The fourth-order valence-electron chi connectivity index (χ4n) is 6.28. The van der Waals surface area contributed by atoms with E-state index in [0.717, 1.165) is 0 Å². The number of ether oxygens (including phenoxy) is 1. The van der Waals surface area contributed by atoms with Gasteiger partial charge in [0.2, 0.25) is 11.8 Å². The highest BCUT2D eigenvalue weighted by Gasteiger charge is 2.60. The number of carbonyl (C=O) groups excluding carboxylic acids is 1. The van der Waals surface area contributed by atoms with Crippen LogP contribution in [0.2, 0.25) is 5.02 Å². The number of nitrogen functional groups attached to an aromatic ring is 1. The standard InChI is InChI=1S/C32H19ClFN9O2/c33-20-11-16(9-10-21(20)34)43-17(14-38-41-43)15-42-26-8-4-1-5-18(26)32(31(42)44)19(13-35)30(37)45-29-22(36)12-25-28(27(29)32)40-24-7-3-2-6-23(24)39-25/h1-12,14H,15,36-37H2. The third-order valence-electron chi connectivity index (χ3n) is 8.19. The Morgan fingerprint density at radius 1 is 1.00 bits per heavy atom. The molecule has 6 aromatic rings. The largest absolute Gasteiger partial charge is 0.438 e.